The second kappa shape index (κ2) is 7.69. The standard InChI is InChI=1S/C17H17F2NO3/c1-11(10-21)9-20-17(22)12-2-4-13(5-3-12)23-14-6-7-15(18)16(19)8-14/h2-8,11,21H,9-10H2,1H3,(H,20,22). The van der Waals surface area contributed by atoms with Gasteiger partial charge in [0.1, 0.15) is 11.5 Å². The first kappa shape index (κ1) is 16.9. The third-order valence-corrected chi connectivity index (χ3v) is 3.17. The summed E-state index contributed by atoms with van der Waals surface area (Å²) in [5.41, 5.74) is 0.438. The van der Waals surface area contributed by atoms with Crippen LogP contribution in [0.15, 0.2) is 42.5 Å². The van der Waals surface area contributed by atoms with Gasteiger partial charge >= 0.3 is 0 Å². The Bertz CT molecular complexity index is 674. The molecule has 0 saturated heterocycles. The van der Waals surface area contributed by atoms with E-state index in [0.29, 0.717) is 17.9 Å². The van der Waals surface area contributed by atoms with Gasteiger partial charge in [0.15, 0.2) is 11.6 Å². The monoisotopic (exact) mass is 321 g/mol. The predicted molar refractivity (Wildman–Crippen MR) is 81.5 cm³/mol. The average molecular weight is 321 g/mol. The molecule has 1 atom stereocenters. The molecule has 2 rings (SSSR count). The molecule has 122 valence electrons. The minimum absolute atomic E-state index is 0.00128. The van der Waals surface area contributed by atoms with Crippen molar-refractivity contribution >= 4 is 5.91 Å². The molecule has 0 radical (unpaired) electrons. The normalized spacial score (nSPS) is 11.8. The molecule has 2 aromatic carbocycles. The summed E-state index contributed by atoms with van der Waals surface area (Å²) in [6, 6.07) is 9.50. The highest BCUT2D eigenvalue weighted by Gasteiger charge is 2.08. The van der Waals surface area contributed by atoms with Crippen LogP contribution in [-0.4, -0.2) is 24.2 Å². The van der Waals surface area contributed by atoms with Gasteiger partial charge in [0.05, 0.1) is 0 Å². The van der Waals surface area contributed by atoms with Crippen LogP contribution in [0.2, 0.25) is 0 Å². The number of carbonyl (C=O) groups excluding carboxylic acids is 1. The van der Waals surface area contributed by atoms with Crippen LogP contribution < -0.4 is 10.1 Å². The van der Waals surface area contributed by atoms with Gasteiger partial charge in [-0.1, -0.05) is 6.92 Å². The van der Waals surface area contributed by atoms with Crippen LogP contribution >= 0.6 is 0 Å². The van der Waals surface area contributed by atoms with Crippen molar-refractivity contribution in [3.8, 4) is 11.5 Å². The first-order valence-electron chi connectivity index (χ1n) is 7.11. The minimum Gasteiger partial charge on any atom is -0.457 e. The van der Waals surface area contributed by atoms with Crippen molar-refractivity contribution in [1.82, 2.24) is 5.32 Å². The Hall–Kier alpha value is -2.47. The number of halogens is 2. The van der Waals surface area contributed by atoms with Gasteiger partial charge in [0.2, 0.25) is 0 Å². The number of carbonyl (C=O) groups is 1. The quantitative estimate of drug-likeness (QED) is 0.859. The second-order valence-corrected chi connectivity index (χ2v) is 5.20. The Kier molecular flexibility index (Phi) is 5.65. The maximum atomic E-state index is 13.1. The van der Waals surface area contributed by atoms with Crippen molar-refractivity contribution in [1.29, 1.82) is 0 Å². The molecule has 0 saturated carbocycles. The van der Waals surface area contributed by atoms with E-state index in [1.807, 2.05) is 6.92 Å². The maximum absolute atomic E-state index is 13.1. The Balaban J connectivity index is 1.98. The summed E-state index contributed by atoms with van der Waals surface area (Å²) in [7, 11) is 0. The zero-order chi connectivity index (χ0) is 16.8. The third-order valence-electron chi connectivity index (χ3n) is 3.17. The van der Waals surface area contributed by atoms with Gasteiger partial charge < -0.3 is 15.2 Å². The lowest BCUT2D eigenvalue weighted by Gasteiger charge is -2.10. The van der Waals surface area contributed by atoms with Gasteiger partial charge in [0, 0.05) is 24.8 Å². The number of nitrogens with one attached hydrogen (secondary N) is 1. The fraction of sp³-hybridized carbons (Fsp3) is 0.235. The van der Waals surface area contributed by atoms with Crippen molar-refractivity contribution in [3.63, 3.8) is 0 Å². The molecular weight excluding hydrogens is 304 g/mol. The van der Waals surface area contributed by atoms with E-state index >= 15 is 0 Å². The van der Waals surface area contributed by atoms with Crippen LogP contribution in [0.3, 0.4) is 0 Å². The first-order valence-corrected chi connectivity index (χ1v) is 7.11. The van der Waals surface area contributed by atoms with Gasteiger partial charge in [-0.05, 0) is 42.3 Å². The lowest BCUT2D eigenvalue weighted by Crippen LogP contribution is -2.29. The summed E-state index contributed by atoms with van der Waals surface area (Å²) in [5.74, 6) is -1.65. The lowest BCUT2D eigenvalue weighted by atomic mass is 10.1. The van der Waals surface area contributed by atoms with Crippen molar-refractivity contribution in [2.24, 2.45) is 5.92 Å². The average Bonchev–Trinajstić information content (AvgIpc) is 2.56. The summed E-state index contributed by atoms with van der Waals surface area (Å²) in [6.07, 6.45) is 0. The van der Waals surface area contributed by atoms with Gasteiger partial charge in [-0.3, -0.25) is 4.79 Å². The lowest BCUT2D eigenvalue weighted by molar-refractivity contribution is 0.0942. The fourth-order valence-corrected chi connectivity index (χ4v) is 1.78. The first-order chi connectivity index (χ1) is 11.0. The molecule has 2 N–H and O–H groups in total. The zero-order valence-corrected chi connectivity index (χ0v) is 12.6. The SMILES string of the molecule is CC(CO)CNC(=O)c1ccc(Oc2ccc(F)c(F)c2)cc1. The molecule has 1 amide bonds. The Labute approximate surface area is 132 Å². The molecule has 0 fully saturated rings. The third kappa shape index (κ3) is 4.75. The van der Waals surface area contributed by atoms with Gasteiger partial charge in [0.25, 0.3) is 5.91 Å². The summed E-state index contributed by atoms with van der Waals surface area (Å²) in [5, 5.41) is 11.6. The van der Waals surface area contributed by atoms with E-state index in [2.05, 4.69) is 5.32 Å². The highest BCUT2D eigenvalue weighted by molar-refractivity contribution is 5.94. The minimum atomic E-state index is -0.989. The van der Waals surface area contributed by atoms with Crippen molar-refractivity contribution in [2.45, 2.75) is 6.92 Å². The topological polar surface area (TPSA) is 58.6 Å². The highest BCUT2D eigenvalue weighted by Crippen LogP contribution is 2.23. The van der Waals surface area contributed by atoms with Crippen LogP contribution in [0.4, 0.5) is 8.78 Å². The van der Waals surface area contributed by atoms with Crippen molar-refractivity contribution in [3.05, 3.63) is 59.7 Å². The number of aliphatic hydroxyl groups excluding tert-OH is 1. The molecule has 0 aliphatic heterocycles. The molecule has 0 aliphatic rings. The Morgan fingerprint density at radius 2 is 1.78 bits per heavy atom. The smallest absolute Gasteiger partial charge is 0.251 e. The zero-order valence-electron chi connectivity index (χ0n) is 12.6. The molecule has 2 aromatic rings. The van der Waals surface area contributed by atoms with Gasteiger partial charge in [-0.25, -0.2) is 8.78 Å². The number of ether oxygens (including phenoxy) is 1. The number of hydrogen-bond acceptors (Lipinski definition) is 3. The van der Waals surface area contributed by atoms with E-state index in [1.54, 1.807) is 24.3 Å². The van der Waals surface area contributed by atoms with Crippen molar-refractivity contribution < 1.29 is 23.4 Å². The van der Waals surface area contributed by atoms with Crippen LogP contribution in [0.25, 0.3) is 0 Å². The van der Waals surface area contributed by atoms with E-state index in [9.17, 15) is 13.6 Å². The molecule has 23 heavy (non-hydrogen) atoms. The number of rotatable bonds is 6. The largest absolute Gasteiger partial charge is 0.457 e. The maximum Gasteiger partial charge on any atom is 0.251 e. The van der Waals surface area contributed by atoms with Crippen LogP contribution in [0.5, 0.6) is 11.5 Å². The van der Waals surface area contributed by atoms with E-state index in [4.69, 9.17) is 9.84 Å². The fourth-order valence-electron chi connectivity index (χ4n) is 1.78. The number of amides is 1. The molecule has 6 heteroatoms. The van der Waals surface area contributed by atoms with Gasteiger partial charge in [-0.2, -0.15) is 0 Å². The molecular formula is C17H17F2NO3. The summed E-state index contributed by atoms with van der Waals surface area (Å²) in [4.78, 5) is 11.9. The van der Waals surface area contributed by atoms with Crippen LogP contribution in [0, 0.1) is 17.6 Å². The van der Waals surface area contributed by atoms with Crippen molar-refractivity contribution in [2.75, 3.05) is 13.2 Å². The molecule has 0 aliphatic carbocycles. The van der Waals surface area contributed by atoms with E-state index in [0.717, 1.165) is 12.1 Å². The second-order valence-electron chi connectivity index (χ2n) is 5.20. The van der Waals surface area contributed by atoms with Crippen LogP contribution in [-0.2, 0) is 0 Å². The highest BCUT2D eigenvalue weighted by atomic mass is 19.2. The molecule has 0 aromatic heterocycles. The molecule has 1 unspecified atom stereocenters. The number of benzene rings is 2. The summed E-state index contributed by atoms with van der Waals surface area (Å²) >= 11 is 0. The summed E-state index contributed by atoms with van der Waals surface area (Å²) in [6.45, 7) is 2.20. The molecule has 0 bridgehead atoms. The molecule has 4 nitrogen and oxygen atoms in total. The predicted octanol–water partition coefficient (Wildman–Crippen LogP) is 3.12. The van der Waals surface area contributed by atoms with E-state index < -0.39 is 11.6 Å². The van der Waals surface area contributed by atoms with Gasteiger partial charge in [-0.15, -0.1) is 0 Å². The Morgan fingerprint density at radius 1 is 1.13 bits per heavy atom. The molecule has 0 spiro atoms. The Morgan fingerprint density at radius 3 is 2.39 bits per heavy atom. The van der Waals surface area contributed by atoms with E-state index in [-0.39, 0.29) is 24.2 Å². The van der Waals surface area contributed by atoms with E-state index in [1.165, 1.54) is 6.07 Å². The summed E-state index contributed by atoms with van der Waals surface area (Å²) < 4.78 is 31.3. The number of hydrogen-bond donors (Lipinski definition) is 2. The molecule has 0 heterocycles. The van der Waals surface area contributed by atoms with Crippen LogP contribution in [0.1, 0.15) is 17.3 Å². The number of aliphatic hydroxyl groups is 1.